The van der Waals surface area contributed by atoms with Crippen molar-refractivity contribution < 1.29 is 0 Å². The first-order valence-corrected chi connectivity index (χ1v) is 9.00. The number of aromatic nitrogens is 1. The predicted molar refractivity (Wildman–Crippen MR) is 98.4 cm³/mol. The van der Waals surface area contributed by atoms with Crippen molar-refractivity contribution in [3.8, 4) is 0 Å². The van der Waals surface area contributed by atoms with Gasteiger partial charge in [-0.1, -0.05) is 36.5 Å². The molecule has 4 nitrogen and oxygen atoms in total. The Morgan fingerprint density at radius 3 is 2.61 bits per heavy atom. The van der Waals surface area contributed by atoms with E-state index in [1.54, 1.807) is 11.3 Å². The maximum absolute atomic E-state index is 6.13. The normalized spacial score (nSPS) is 25.7. The highest BCUT2D eigenvalue weighted by Crippen LogP contribution is 2.46. The summed E-state index contributed by atoms with van der Waals surface area (Å²) >= 11 is 1.60. The van der Waals surface area contributed by atoms with Crippen molar-refractivity contribution in [2.75, 3.05) is 16.8 Å². The first-order chi connectivity index (χ1) is 11.1. The smallest absolute Gasteiger partial charge is 0.185 e. The van der Waals surface area contributed by atoms with E-state index in [9.17, 15) is 0 Å². The molecule has 0 saturated heterocycles. The molecule has 2 aliphatic rings. The maximum Gasteiger partial charge on any atom is 0.185 e. The number of nitrogen functional groups attached to an aromatic ring is 2. The zero-order chi connectivity index (χ0) is 16.0. The van der Waals surface area contributed by atoms with Crippen molar-refractivity contribution in [3.63, 3.8) is 0 Å². The summed E-state index contributed by atoms with van der Waals surface area (Å²) in [4.78, 5) is 5.47. The lowest BCUT2D eigenvalue weighted by Crippen LogP contribution is -2.25. The van der Waals surface area contributed by atoms with Crippen molar-refractivity contribution in [2.45, 2.75) is 31.7 Å². The Morgan fingerprint density at radius 1 is 1.17 bits per heavy atom. The Balaban J connectivity index is 1.52. The molecule has 2 aliphatic carbocycles. The number of nitrogens with two attached hydrogens (primary N) is 2. The van der Waals surface area contributed by atoms with Crippen LogP contribution >= 0.6 is 11.3 Å². The van der Waals surface area contributed by atoms with Crippen molar-refractivity contribution in [1.29, 1.82) is 0 Å². The number of anilines is 3. The summed E-state index contributed by atoms with van der Waals surface area (Å²) in [6, 6.07) is 8.27. The molecule has 120 valence electrons. The Hall–Kier alpha value is -2.01. The fourth-order valence-electron chi connectivity index (χ4n) is 4.01. The van der Waals surface area contributed by atoms with E-state index in [0.29, 0.717) is 11.9 Å². The number of benzene rings is 1. The third-order valence-corrected chi connectivity index (χ3v) is 6.30. The Kier molecular flexibility index (Phi) is 3.53. The topological polar surface area (TPSA) is 77.0 Å². The van der Waals surface area contributed by atoms with Crippen molar-refractivity contribution in [2.24, 2.45) is 11.8 Å². The summed E-state index contributed by atoms with van der Waals surface area (Å²) in [6.07, 6.45) is 5.41. The van der Waals surface area contributed by atoms with E-state index in [0.717, 1.165) is 38.7 Å². The van der Waals surface area contributed by atoms with Gasteiger partial charge in [0.15, 0.2) is 5.13 Å². The molecule has 3 unspecified atom stereocenters. The van der Waals surface area contributed by atoms with Crippen LogP contribution in [-0.4, -0.2) is 11.0 Å². The van der Waals surface area contributed by atoms with Gasteiger partial charge in [0.2, 0.25) is 0 Å². The van der Waals surface area contributed by atoms with E-state index < -0.39 is 0 Å². The second kappa shape index (κ2) is 5.57. The fourth-order valence-corrected chi connectivity index (χ4v) is 4.94. The van der Waals surface area contributed by atoms with Gasteiger partial charge in [-0.15, -0.1) is 0 Å². The van der Waals surface area contributed by atoms with Gasteiger partial charge < -0.3 is 16.8 Å². The summed E-state index contributed by atoms with van der Waals surface area (Å²) in [7, 11) is 0. The lowest BCUT2D eigenvalue weighted by atomic mass is 9.96. The lowest BCUT2D eigenvalue weighted by molar-refractivity contribution is 0.439. The molecule has 1 aromatic heterocycles. The number of nitrogens with one attached hydrogen (secondary N) is 1. The molecule has 0 amide bonds. The summed E-state index contributed by atoms with van der Waals surface area (Å²) < 4.78 is 0. The Labute approximate surface area is 140 Å². The minimum Gasteiger partial charge on any atom is -0.399 e. The molecule has 2 bridgehead atoms. The number of hydrogen-bond donors (Lipinski definition) is 3. The molecule has 5 heteroatoms. The van der Waals surface area contributed by atoms with Crippen LogP contribution in [0.4, 0.5) is 16.6 Å². The van der Waals surface area contributed by atoms with Gasteiger partial charge in [-0.3, -0.25) is 0 Å². The minimum absolute atomic E-state index is 0.558. The van der Waals surface area contributed by atoms with Crippen LogP contribution in [0.15, 0.2) is 30.8 Å². The van der Waals surface area contributed by atoms with Crippen LogP contribution in [0.2, 0.25) is 0 Å². The van der Waals surface area contributed by atoms with Crippen LogP contribution < -0.4 is 16.8 Å². The van der Waals surface area contributed by atoms with E-state index >= 15 is 0 Å². The van der Waals surface area contributed by atoms with Crippen LogP contribution in [0, 0.1) is 11.8 Å². The van der Waals surface area contributed by atoms with Crippen LogP contribution in [0.3, 0.4) is 0 Å². The van der Waals surface area contributed by atoms with Crippen molar-refractivity contribution in [1.82, 2.24) is 4.98 Å². The monoisotopic (exact) mass is 326 g/mol. The fraction of sp³-hybridized carbons (Fsp3) is 0.389. The summed E-state index contributed by atoms with van der Waals surface area (Å²) in [5.41, 5.74) is 14.6. The molecule has 0 aliphatic heterocycles. The molecule has 0 spiro atoms. The van der Waals surface area contributed by atoms with E-state index in [1.165, 1.54) is 25.7 Å². The second-order valence-corrected chi connectivity index (χ2v) is 7.76. The summed E-state index contributed by atoms with van der Waals surface area (Å²) in [5, 5.41) is 4.54. The van der Waals surface area contributed by atoms with Crippen molar-refractivity contribution in [3.05, 3.63) is 41.3 Å². The highest BCUT2D eigenvalue weighted by Gasteiger charge is 2.39. The highest BCUT2D eigenvalue weighted by molar-refractivity contribution is 7.17. The molecule has 4 rings (SSSR count). The zero-order valence-electron chi connectivity index (χ0n) is 13.1. The molecule has 2 saturated carbocycles. The number of nitrogens with zero attached hydrogens (tertiary/aromatic N) is 1. The molecule has 3 atom stereocenters. The average molecular weight is 326 g/mol. The SMILES string of the molecule is C=C(c1ccc(N)cc1)c1sc(NC2CC3CCC2C3)nc1N. The molecule has 2 aromatic rings. The van der Waals surface area contributed by atoms with Gasteiger partial charge >= 0.3 is 0 Å². The minimum atomic E-state index is 0.558. The molecular formula is C18H22N4S. The Bertz CT molecular complexity index is 734. The zero-order valence-corrected chi connectivity index (χ0v) is 13.9. The molecule has 23 heavy (non-hydrogen) atoms. The van der Waals surface area contributed by atoms with Gasteiger partial charge in [0, 0.05) is 11.7 Å². The largest absolute Gasteiger partial charge is 0.399 e. The van der Waals surface area contributed by atoms with Gasteiger partial charge in [-0.25, -0.2) is 4.98 Å². The number of hydrogen-bond acceptors (Lipinski definition) is 5. The molecule has 1 aromatic carbocycles. The van der Waals surface area contributed by atoms with Gasteiger partial charge in [-0.05, 0) is 54.4 Å². The number of fused-ring (bicyclic) bond motifs is 2. The average Bonchev–Trinajstić information content (AvgIpc) is 3.23. The molecule has 1 heterocycles. The molecule has 2 fully saturated rings. The maximum atomic E-state index is 6.13. The van der Waals surface area contributed by atoms with Crippen molar-refractivity contribution >= 4 is 33.5 Å². The van der Waals surface area contributed by atoms with Gasteiger partial charge in [0.05, 0.1) is 4.88 Å². The van der Waals surface area contributed by atoms with E-state index in [1.807, 2.05) is 24.3 Å². The first-order valence-electron chi connectivity index (χ1n) is 8.18. The quantitative estimate of drug-likeness (QED) is 0.743. The number of rotatable bonds is 4. The summed E-state index contributed by atoms with van der Waals surface area (Å²) in [5.74, 6) is 2.29. The van der Waals surface area contributed by atoms with Gasteiger partial charge in [-0.2, -0.15) is 0 Å². The summed E-state index contributed by atoms with van der Waals surface area (Å²) in [6.45, 7) is 4.19. The first kappa shape index (κ1) is 14.6. The van der Waals surface area contributed by atoms with Gasteiger partial charge in [0.25, 0.3) is 0 Å². The van der Waals surface area contributed by atoms with E-state index in [-0.39, 0.29) is 0 Å². The van der Waals surface area contributed by atoms with E-state index in [4.69, 9.17) is 11.5 Å². The second-order valence-electron chi connectivity index (χ2n) is 6.76. The third-order valence-electron chi connectivity index (χ3n) is 5.23. The third kappa shape index (κ3) is 2.70. The highest BCUT2D eigenvalue weighted by atomic mass is 32.1. The molecule has 0 radical (unpaired) electrons. The predicted octanol–water partition coefficient (Wildman–Crippen LogP) is 3.97. The Morgan fingerprint density at radius 2 is 1.96 bits per heavy atom. The van der Waals surface area contributed by atoms with E-state index in [2.05, 4.69) is 16.9 Å². The number of thiazole rings is 1. The van der Waals surface area contributed by atoms with Crippen LogP contribution in [0.25, 0.3) is 5.57 Å². The lowest BCUT2D eigenvalue weighted by Gasteiger charge is -2.22. The van der Waals surface area contributed by atoms with Crippen LogP contribution in [0.1, 0.15) is 36.1 Å². The standard InChI is InChI=1S/C18H22N4S/c1-10(12-4-6-14(19)7-5-12)16-17(20)22-18(23-16)21-15-9-11-2-3-13(15)8-11/h4-7,11,13,15H,1-3,8-9,19-20H2,(H,21,22). The molecular weight excluding hydrogens is 304 g/mol. The van der Waals surface area contributed by atoms with Crippen LogP contribution in [0.5, 0.6) is 0 Å². The molecule has 5 N–H and O–H groups in total. The van der Waals surface area contributed by atoms with Gasteiger partial charge in [0.1, 0.15) is 5.82 Å². The van der Waals surface area contributed by atoms with Crippen LogP contribution in [-0.2, 0) is 0 Å².